The van der Waals surface area contributed by atoms with Gasteiger partial charge in [-0.1, -0.05) is 6.42 Å². The van der Waals surface area contributed by atoms with Gasteiger partial charge in [-0.2, -0.15) is 5.26 Å². The van der Waals surface area contributed by atoms with E-state index in [4.69, 9.17) is 11.0 Å². The number of benzene rings is 1. The Kier molecular flexibility index (Phi) is 7.87. The summed E-state index contributed by atoms with van der Waals surface area (Å²) in [7, 11) is 0. The lowest BCUT2D eigenvalue weighted by Crippen LogP contribution is -2.41. The number of fused-ring (bicyclic) bond motifs is 1. The number of aliphatic imine (C=N–C) groups is 1. The fourth-order valence-electron chi connectivity index (χ4n) is 3.77. The van der Waals surface area contributed by atoms with Crippen molar-refractivity contribution in [2.75, 3.05) is 26.2 Å². The van der Waals surface area contributed by atoms with Crippen molar-refractivity contribution in [3.05, 3.63) is 30.5 Å². The van der Waals surface area contributed by atoms with Gasteiger partial charge in [-0.3, -0.25) is 14.9 Å². The molecule has 9 nitrogen and oxygen atoms in total. The standard InChI is InChI=1S/C12H20N2O2.C10H9N5/c15-11-6-2-1-3-9-14(11)10-12(16)13-7-4-5-8-13;11-6-14-10(12)15-8-1-2-9-7(5-8)3-4-13-9/h1-10H2;1-5,13H,(H3,12,14,15). The molecule has 0 aliphatic carbocycles. The van der Waals surface area contributed by atoms with Crippen LogP contribution in [-0.2, 0) is 9.59 Å². The molecule has 2 aliphatic heterocycles. The van der Waals surface area contributed by atoms with Crippen LogP contribution in [0.3, 0.4) is 0 Å². The summed E-state index contributed by atoms with van der Waals surface area (Å²) in [4.78, 5) is 34.4. The molecule has 1 aromatic heterocycles. The molecule has 2 fully saturated rings. The van der Waals surface area contributed by atoms with Crippen molar-refractivity contribution < 1.29 is 9.59 Å². The van der Waals surface area contributed by atoms with Gasteiger partial charge in [0.1, 0.15) is 0 Å². The number of aromatic nitrogens is 1. The minimum Gasteiger partial charge on any atom is -0.369 e. The second-order valence-corrected chi connectivity index (χ2v) is 7.70. The Bertz CT molecular complexity index is 970. The molecule has 4 rings (SSSR count). The molecule has 2 aliphatic rings. The number of carbonyl (C=O) groups excluding carboxylic acids is 2. The molecule has 9 heteroatoms. The highest BCUT2D eigenvalue weighted by atomic mass is 16.2. The van der Waals surface area contributed by atoms with E-state index in [-0.39, 0.29) is 17.8 Å². The molecule has 3 heterocycles. The van der Waals surface area contributed by atoms with Gasteiger partial charge in [0.2, 0.25) is 17.8 Å². The molecular weight excluding hydrogens is 394 g/mol. The van der Waals surface area contributed by atoms with Crippen LogP contribution in [0, 0.1) is 11.5 Å². The van der Waals surface area contributed by atoms with E-state index in [1.165, 1.54) is 0 Å². The van der Waals surface area contributed by atoms with E-state index in [1.807, 2.05) is 35.4 Å². The van der Waals surface area contributed by atoms with Crippen LogP contribution in [0.4, 0.5) is 5.69 Å². The third kappa shape index (κ3) is 6.47. The van der Waals surface area contributed by atoms with Gasteiger partial charge in [-0.05, 0) is 49.9 Å². The number of amides is 2. The number of aromatic amines is 1. The van der Waals surface area contributed by atoms with Crippen molar-refractivity contribution in [1.29, 1.82) is 5.26 Å². The van der Waals surface area contributed by atoms with Crippen molar-refractivity contribution in [2.45, 2.75) is 38.5 Å². The van der Waals surface area contributed by atoms with Gasteiger partial charge in [0.05, 0.1) is 12.2 Å². The first-order chi connectivity index (χ1) is 15.1. The van der Waals surface area contributed by atoms with Crippen LogP contribution in [0.15, 0.2) is 35.5 Å². The number of carbonyl (C=O) groups is 2. The highest BCUT2D eigenvalue weighted by Gasteiger charge is 2.23. The van der Waals surface area contributed by atoms with Gasteiger partial charge in [-0.15, -0.1) is 0 Å². The predicted octanol–water partition coefficient (Wildman–Crippen LogP) is 2.20. The quantitative estimate of drug-likeness (QED) is 0.301. The average molecular weight is 424 g/mol. The molecule has 2 amide bonds. The van der Waals surface area contributed by atoms with E-state index < -0.39 is 0 Å². The minimum absolute atomic E-state index is 0.0902. The van der Waals surface area contributed by atoms with Gasteiger partial charge in [0.15, 0.2) is 6.19 Å². The molecule has 164 valence electrons. The van der Waals surface area contributed by atoms with Gasteiger partial charge in [0.25, 0.3) is 0 Å². The van der Waals surface area contributed by atoms with Gasteiger partial charge in [0, 0.05) is 43.2 Å². The molecule has 4 N–H and O–H groups in total. The Morgan fingerprint density at radius 1 is 1.16 bits per heavy atom. The lowest BCUT2D eigenvalue weighted by atomic mass is 10.2. The highest BCUT2D eigenvalue weighted by Crippen LogP contribution is 2.19. The van der Waals surface area contributed by atoms with Crippen LogP contribution in [-0.4, -0.2) is 58.7 Å². The van der Waals surface area contributed by atoms with E-state index in [1.54, 1.807) is 11.1 Å². The summed E-state index contributed by atoms with van der Waals surface area (Å²) in [5, 5.41) is 11.6. The molecule has 0 spiro atoms. The number of likely N-dealkylation sites (tertiary alicyclic amines) is 2. The number of guanidine groups is 1. The molecule has 31 heavy (non-hydrogen) atoms. The number of nitrogens with one attached hydrogen (secondary N) is 2. The summed E-state index contributed by atoms with van der Waals surface area (Å²) in [5.41, 5.74) is 7.20. The SMILES string of the molecule is N#CNC(N)=Nc1ccc2[nH]ccc2c1.O=C(CN1CCCCCC1=O)N1CCCC1. The molecule has 0 atom stereocenters. The van der Waals surface area contributed by atoms with Gasteiger partial charge in [-0.25, -0.2) is 4.99 Å². The number of rotatable bonds is 3. The van der Waals surface area contributed by atoms with E-state index in [0.717, 1.165) is 62.6 Å². The molecule has 1 aromatic carbocycles. The Labute approximate surface area is 181 Å². The second kappa shape index (κ2) is 11.0. The first-order valence-corrected chi connectivity index (χ1v) is 10.7. The Morgan fingerprint density at radius 2 is 1.94 bits per heavy atom. The molecular formula is C22H29N7O2. The molecule has 0 saturated carbocycles. The minimum atomic E-state index is 0.0902. The maximum atomic E-state index is 11.9. The molecule has 0 bridgehead atoms. The average Bonchev–Trinajstić information content (AvgIpc) is 3.41. The summed E-state index contributed by atoms with van der Waals surface area (Å²) < 4.78 is 0. The van der Waals surface area contributed by atoms with E-state index in [0.29, 0.717) is 18.7 Å². The van der Waals surface area contributed by atoms with Crippen LogP contribution in [0.25, 0.3) is 10.9 Å². The molecule has 2 aromatic rings. The molecule has 0 unspecified atom stereocenters. The summed E-state index contributed by atoms with van der Waals surface area (Å²) >= 11 is 0. The number of nitrogens with two attached hydrogens (primary N) is 1. The third-order valence-corrected chi connectivity index (χ3v) is 5.43. The number of hydrogen-bond donors (Lipinski definition) is 3. The van der Waals surface area contributed by atoms with Crippen LogP contribution in [0.1, 0.15) is 38.5 Å². The van der Waals surface area contributed by atoms with Gasteiger partial charge >= 0.3 is 0 Å². The zero-order chi connectivity index (χ0) is 22.1. The Balaban J connectivity index is 0.000000176. The fraction of sp³-hybridized carbons (Fsp3) is 0.455. The monoisotopic (exact) mass is 423 g/mol. The first-order valence-electron chi connectivity index (χ1n) is 10.7. The van der Waals surface area contributed by atoms with Crippen LogP contribution >= 0.6 is 0 Å². The third-order valence-electron chi connectivity index (χ3n) is 5.43. The van der Waals surface area contributed by atoms with E-state index >= 15 is 0 Å². The van der Waals surface area contributed by atoms with E-state index in [9.17, 15) is 9.59 Å². The van der Waals surface area contributed by atoms with Crippen LogP contribution < -0.4 is 11.1 Å². The van der Waals surface area contributed by atoms with Crippen molar-refractivity contribution in [1.82, 2.24) is 20.1 Å². The summed E-state index contributed by atoms with van der Waals surface area (Å²) in [5.74, 6) is 0.380. The van der Waals surface area contributed by atoms with Crippen LogP contribution in [0.5, 0.6) is 0 Å². The van der Waals surface area contributed by atoms with Crippen molar-refractivity contribution >= 4 is 34.4 Å². The normalized spacial score (nSPS) is 17.0. The number of hydrogen-bond acceptors (Lipinski definition) is 4. The highest BCUT2D eigenvalue weighted by molar-refractivity contribution is 5.86. The Hall–Kier alpha value is -3.54. The Morgan fingerprint density at radius 3 is 2.71 bits per heavy atom. The zero-order valence-corrected chi connectivity index (χ0v) is 17.6. The topological polar surface area (TPSA) is 131 Å². The number of H-pyrrole nitrogens is 1. The first kappa shape index (κ1) is 22.2. The second-order valence-electron chi connectivity index (χ2n) is 7.70. The summed E-state index contributed by atoms with van der Waals surface area (Å²) in [6.45, 7) is 2.82. The molecule has 0 radical (unpaired) electrons. The van der Waals surface area contributed by atoms with Crippen molar-refractivity contribution in [3.8, 4) is 6.19 Å². The van der Waals surface area contributed by atoms with Gasteiger partial charge < -0.3 is 20.5 Å². The van der Waals surface area contributed by atoms with Crippen molar-refractivity contribution in [2.24, 2.45) is 10.7 Å². The zero-order valence-electron chi connectivity index (χ0n) is 17.6. The predicted molar refractivity (Wildman–Crippen MR) is 119 cm³/mol. The molecule has 2 saturated heterocycles. The lowest BCUT2D eigenvalue weighted by Gasteiger charge is -2.23. The lowest BCUT2D eigenvalue weighted by molar-refractivity contribution is -0.139. The van der Waals surface area contributed by atoms with Crippen LogP contribution in [0.2, 0.25) is 0 Å². The number of nitriles is 1. The smallest absolute Gasteiger partial charge is 0.242 e. The largest absolute Gasteiger partial charge is 0.369 e. The fourth-order valence-corrected chi connectivity index (χ4v) is 3.77. The maximum absolute atomic E-state index is 11.9. The summed E-state index contributed by atoms with van der Waals surface area (Å²) in [6, 6.07) is 7.57. The van der Waals surface area contributed by atoms with E-state index in [2.05, 4.69) is 15.3 Å². The maximum Gasteiger partial charge on any atom is 0.242 e. The summed E-state index contributed by atoms with van der Waals surface area (Å²) in [6.07, 6.45) is 9.54. The van der Waals surface area contributed by atoms with Crippen molar-refractivity contribution in [3.63, 3.8) is 0 Å². The number of nitrogens with zero attached hydrogens (tertiary/aromatic N) is 4.